The zero-order chi connectivity index (χ0) is 14.3. The van der Waals surface area contributed by atoms with Crippen LogP contribution >= 0.6 is 0 Å². The fourth-order valence-electron chi connectivity index (χ4n) is 1.57. The van der Waals surface area contributed by atoms with Crippen LogP contribution in [0.15, 0.2) is 24.3 Å². The highest BCUT2D eigenvalue weighted by Crippen LogP contribution is 2.14. The minimum atomic E-state index is -0.440. The number of carboxylic acid groups (broad SMARTS) is 1. The van der Waals surface area contributed by atoms with E-state index in [1.54, 1.807) is 12.1 Å². The maximum absolute atomic E-state index is 10.8. The van der Waals surface area contributed by atoms with Gasteiger partial charge in [0.1, 0.15) is 6.61 Å². The Morgan fingerprint density at radius 1 is 1.45 bits per heavy atom. The molecule has 0 spiro atoms. The second-order valence-electron chi connectivity index (χ2n) is 3.67. The van der Waals surface area contributed by atoms with Gasteiger partial charge in [-0.15, -0.1) is 0 Å². The van der Waals surface area contributed by atoms with Crippen LogP contribution in [0.3, 0.4) is 0 Å². The quantitative estimate of drug-likeness (QED) is 0.426. The average molecular weight is 285 g/mol. The molecule has 0 aromatic heterocycles. The first-order chi connectivity index (χ1) is 9.06. The number of nitrogens with one attached hydrogen (secondary N) is 1. The van der Waals surface area contributed by atoms with Gasteiger partial charge in [0.2, 0.25) is 0 Å². The van der Waals surface area contributed by atoms with E-state index < -0.39 is 11.0 Å². The Morgan fingerprint density at radius 3 is 2.40 bits per heavy atom. The van der Waals surface area contributed by atoms with Crippen LogP contribution < -0.4 is 11.5 Å². The van der Waals surface area contributed by atoms with Gasteiger partial charge in [-0.2, -0.15) is 0 Å². The lowest BCUT2D eigenvalue weighted by atomic mass is 10.1. The van der Waals surface area contributed by atoms with Crippen LogP contribution in [0.2, 0.25) is 0 Å². The molecule has 0 radical (unpaired) electrons. The van der Waals surface area contributed by atoms with Crippen molar-refractivity contribution in [3.8, 4) is 0 Å². The fourth-order valence-corrected chi connectivity index (χ4v) is 1.57. The van der Waals surface area contributed by atoms with E-state index in [0.29, 0.717) is 13.0 Å². The molecule has 1 heterocycles. The number of non-ortho nitro benzene ring substituents is 1. The summed E-state index contributed by atoms with van der Waals surface area (Å²) in [5.41, 5.74) is 0.997. The number of nitrogens with zero attached hydrogens (tertiary/aromatic N) is 1. The van der Waals surface area contributed by atoms with Crippen molar-refractivity contribution in [3.63, 3.8) is 0 Å². The van der Waals surface area contributed by atoms with E-state index in [4.69, 9.17) is 14.6 Å². The number of hydrogen-bond acceptors (Lipinski definition) is 6. The molecule has 1 aliphatic rings. The summed E-state index contributed by atoms with van der Waals surface area (Å²) in [6.45, 7) is 0.0931. The first kappa shape index (κ1) is 17.3. The maximum atomic E-state index is 10.8. The van der Waals surface area contributed by atoms with Gasteiger partial charge in [-0.05, 0) is 12.0 Å². The Balaban J connectivity index is 0.000000830. The summed E-state index contributed by atoms with van der Waals surface area (Å²) < 4.78 is 4.74. The van der Waals surface area contributed by atoms with Crippen LogP contribution in [0.1, 0.15) is 5.56 Å². The molecule has 0 bridgehead atoms. The molecule has 0 saturated carbocycles. The van der Waals surface area contributed by atoms with Crippen molar-refractivity contribution in [2.45, 2.75) is 12.5 Å². The molecule has 20 heavy (non-hydrogen) atoms. The average Bonchev–Trinajstić information content (AvgIpc) is 2.76. The van der Waals surface area contributed by atoms with Gasteiger partial charge in [-0.1, -0.05) is 12.1 Å². The SMILES string of the molecule is N.O=C1NC(Cc2ccc([N+](=O)[O-])cc2)CO1.O=CO. The lowest BCUT2D eigenvalue weighted by molar-refractivity contribution is -0.384. The van der Waals surface area contributed by atoms with E-state index >= 15 is 0 Å². The summed E-state index contributed by atoms with van der Waals surface area (Å²) in [5.74, 6) is 0. The molecule has 1 unspecified atom stereocenters. The molecular formula is C11H15N3O6. The van der Waals surface area contributed by atoms with E-state index in [2.05, 4.69) is 5.32 Å². The number of carbonyl (C=O) groups excluding carboxylic acids is 1. The summed E-state index contributed by atoms with van der Waals surface area (Å²) >= 11 is 0. The monoisotopic (exact) mass is 285 g/mol. The first-order valence-electron chi connectivity index (χ1n) is 5.31. The van der Waals surface area contributed by atoms with Gasteiger partial charge in [0.05, 0.1) is 11.0 Å². The molecule has 1 atom stereocenters. The van der Waals surface area contributed by atoms with Crippen molar-refractivity contribution < 1.29 is 24.4 Å². The number of nitro groups is 1. The van der Waals surface area contributed by atoms with Crippen molar-refractivity contribution in [1.29, 1.82) is 0 Å². The van der Waals surface area contributed by atoms with Gasteiger partial charge in [0.25, 0.3) is 12.2 Å². The Bertz CT molecular complexity index is 462. The summed E-state index contributed by atoms with van der Waals surface area (Å²) in [5, 5.41) is 20.0. The number of benzene rings is 1. The van der Waals surface area contributed by atoms with Crippen LogP contribution in [-0.2, 0) is 16.0 Å². The second-order valence-corrected chi connectivity index (χ2v) is 3.67. The van der Waals surface area contributed by atoms with Crippen molar-refractivity contribution in [2.24, 2.45) is 0 Å². The van der Waals surface area contributed by atoms with Crippen LogP contribution in [0.5, 0.6) is 0 Å². The Morgan fingerprint density at radius 2 is 2.00 bits per heavy atom. The first-order valence-corrected chi connectivity index (χ1v) is 5.31. The lowest BCUT2D eigenvalue weighted by Gasteiger charge is -2.06. The molecule has 0 aliphatic carbocycles. The molecule has 9 heteroatoms. The number of alkyl carbamates (subject to hydrolysis) is 1. The zero-order valence-electron chi connectivity index (χ0n) is 10.5. The van der Waals surface area contributed by atoms with E-state index in [0.717, 1.165) is 5.56 Å². The van der Waals surface area contributed by atoms with Gasteiger partial charge < -0.3 is 21.3 Å². The molecule has 2 rings (SSSR count). The summed E-state index contributed by atoms with van der Waals surface area (Å²) in [6.07, 6.45) is 0.205. The normalized spacial score (nSPS) is 15.8. The number of nitro benzene ring substituents is 1. The van der Waals surface area contributed by atoms with Crippen LogP contribution in [0.25, 0.3) is 0 Å². The highest BCUT2D eigenvalue weighted by atomic mass is 16.6. The van der Waals surface area contributed by atoms with Crippen molar-refractivity contribution >= 4 is 18.3 Å². The molecule has 1 aromatic rings. The van der Waals surface area contributed by atoms with Crippen LogP contribution in [0.4, 0.5) is 10.5 Å². The lowest BCUT2D eigenvalue weighted by Crippen LogP contribution is -2.28. The molecule has 1 aromatic carbocycles. The Hall–Kier alpha value is -2.68. The van der Waals surface area contributed by atoms with Crippen LogP contribution in [0, 0.1) is 10.1 Å². The molecular weight excluding hydrogens is 270 g/mol. The summed E-state index contributed by atoms with van der Waals surface area (Å²) in [7, 11) is 0. The molecule has 1 fully saturated rings. The molecule has 1 saturated heterocycles. The smallest absolute Gasteiger partial charge is 0.407 e. The van der Waals surface area contributed by atoms with Gasteiger partial charge in [-0.3, -0.25) is 14.9 Å². The van der Waals surface area contributed by atoms with Crippen molar-refractivity contribution in [1.82, 2.24) is 11.5 Å². The van der Waals surface area contributed by atoms with Gasteiger partial charge >= 0.3 is 6.09 Å². The third kappa shape index (κ3) is 5.31. The predicted octanol–water partition coefficient (Wildman–Crippen LogP) is 1.11. The van der Waals surface area contributed by atoms with Crippen molar-refractivity contribution in [3.05, 3.63) is 39.9 Å². The molecule has 5 N–H and O–H groups in total. The Kier molecular flexibility index (Phi) is 7.30. The molecule has 110 valence electrons. The standard InChI is InChI=1S/C10H10N2O4.CH2O2.H3N/c13-10-11-8(6-16-10)5-7-1-3-9(4-2-7)12(14)15;2-1-3;/h1-4,8H,5-6H2,(H,11,13);1H,(H,2,3);1H3. The number of cyclic esters (lactones) is 1. The third-order valence-electron chi connectivity index (χ3n) is 2.37. The van der Waals surface area contributed by atoms with Crippen LogP contribution in [-0.4, -0.2) is 35.2 Å². The minimum Gasteiger partial charge on any atom is -0.483 e. The topological polar surface area (TPSA) is 154 Å². The largest absolute Gasteiger partial charge is 0.483 e. The van der Waals surface area contributed by atoms with Gasteiger partial charge in [0, 0.05) is 12.1 Å². The summed E-state index contributed by atoms with van der Waals surface area (Å²) in [4.78, 5) is 29.1. The second kappa shape index (κ2) is 8.43. The molecule has 1 amide bonds. The van der Waals surface area contributed by atoms with Crippen molar-refractivity contribution in [2.75, 3.05) is 6.61 Å². The fraction of sp³-hybridized carbons (Fsp3) is 0.273. The van der Waals surface area contributed by atoms with E-state index in [-0.39, 0.29) is 24.4 Å². The van der Waals surface area contributed by atoms with E-state index in [1.165, 1.54) is 12.1 Å². The molecule has 1 aliphatic heterocycles. The van der Waals surface area contributed by atoms with Gasteiger partial charge in [0.15, 0.2) is 0 Å². The number of carbonyl (C=O) groups is 2. The number of amides is 1. The minimum absolute atomic E-state index is 0. The van der Waals surface area contributed by atoms with E-state index in [1.807, 2.05) is 0 Å². The maximum Gasteiger partial charge on any atom is 0.407 e. The van der Waals surface area contributed by atoms with Gasteiger partial charge in [-0.25, -0.2) is 4.79 Å². The predicted molar refractivity (Wildman–Crippen MR) is 68.8 cm³/mol. The zero-order valence-corrected chi connectivity index (χ0v) is 10.5. The Labute approximate surface area is 114 Å². The number of hydrogen-bond donors (Lipinski definition) is 3. The van der Waals surface area contributed by atoms with E-state index in [9.17, 15) is 14.9 Å². The molecule has 9 nitrogen and oxygen atoms in total. The summed E-state index contributed by atoms with van der Waals surface area (Å²) in [6, 6.07) is 6.22. The third-order valence-corrected chi connectivity index (χ3v) is 2.37. The highest BCUT2D eigenvalue weighted by molar-refractivity contribution is 5.69. The number of ether oxygens (including phenoxy) is 1. The highest BCUT2D eigenvalue weighted by Gasteiger charge is 2.22. The number of rotatable bonds is 3.